The average Bonchev–Trinajstić information content (AvgIpc) is 2.65. The normalized spacial score (nSPS) is 15.0. The Labute approximate surface area is 149 Å². The molecule has 1 aliphatic rings. The van der Waals surface area contributed by atoms with E-state index < -0.39 is 0 Å². The molecule has 0 saturated carbocycles. The van der Waals surface area contributed by atoms with Crippen LogP contribution in [0, 0.1) is 5.92 Å². The number of hydrogen-bond donors (Lipinski definition) is 2. The van der Waals surface area contributed by atoms with Gasteiger partial charge in [-0.2, -0.15) is 0 Å². The summed E-state index contributed by atoms with van der Waals surface area (Å²) in [6.45, 7) is 4.34. The van der Waals surface area contributed by atoms with E-state index in [1.54, 1.807) is 9.80 Å². The molecule has 0 spiro atoms. The van der Waals surface area contributed by atoms with Crippen molar-refractivity contribution in [2.24, 2.45) is 5.92 Å². The molecule has 3 amide bonds. The monoisotopic (exact) mass is 347 g/mol. The van der Waals surface area contributed by atoms with Crippen LogP contribution in [0.2, 0.25) is 0 Å². The number of unbranched alkanes of at least 4 members (excludes halogenated alkanes) is 1. The molecule has 0 aromatic heterocycles. The summed E-state index contributed by atoms with van der Waals surface area (Å²) < 4.78 is 0. The Morgan fingerprint density at radius 2 is 1.88 bits per heavy atom. The number of carbonyl (C=O) groups is 2. The molecule has 1 aromatic carbocycles. The van der Waals surface area contributed by atoms with Crippen LogP contribution in [0.4, 0.5) is 10.5 Å². The van der Waals surface area contributed by atoms with Crippen LogP contribution in [0.3, 0.4) is 0 Å². The fourth-order valence-electron chi connectivity index (χ4n) is 3.11. The standard InChI is InChI=1S/C19H29N3O3/c1-2-3-11-21(14-15-23)18(24)16-9-12-22(13-10-16)19(25)20-17-7-5-4-6-8-17/h4-8,16,23H,2-3,9-15H2,1H3,(H,20,25). The molecule has 1 saturated heterocycles. The first-order chi connectivity index (χ1) is 12.2. The van der Waals surface area contributed by atoms with Crippen molar-refractivity contribution in [3.63, 3.8) is 0 Å². The summed E-state index contributed by atoms with van der Waals surface area (Å²) in [7, 11) is 0. The number of amides is 3. The number of benzene rings is 1. The molecule has 0 bridgehead atoms. The number of para-hydroxylation sites is 1. The van der Waals surface area contributed by atoms with Gasteiger partial charge in [0.2, 0.25) is 5.91 Å². The number of rotatable bonds is 7. The summed E-state index contributed by atoms with van der Waals surface area (Å²) in [5, 5.41) is 12.1. The summed E-state index contributed by atoms with van der Waals surface area (Å²) in [4.78, 5) is 28.5. The van der Waals surface area contributed by atoms with Crippen LogP contribution in [0.1, 0.15) is 32.6 Å². The fraction of sp³-hybridized carbons (Fsp3) is 0.579. The lowest BCUT2D eigenvalue weighted by Crippen LogP contribution is -2.46. The molecule has 1 aromatic rings. The van der Waals surface area contributed by atoms with E-state index in [9.17, 15) is 14.7 Å². The third-order valence-electron chi connectivity index (χ3n) is 4.62. The van der Waals surface area contributed by atoms with E-state index in [2.05, 4.69) is 12.2 Å². The molecule has 138 valence electrons. The molecule has 2 N–H and O–H groups in total. The van der Waals surface area contributed by atoms with Crippen molar-refractivity contribution in [3.05, 3.63) is 30.3 Å². The average molecular weight is 347 g/mol. The van der Waals surface area contributed by atoms with Crippen LogP contribution in [-0.2, 0) is 4.79 Å². The zero-order chi connectivity index (χ0) is 18.1. The quantitative estimate of drug-likeness (QED) is 0.796. The Morgan fingerprint density at radius 1 is 1.20 bits per heavy atom. The lowest BCUT2D eigenvalue weighted by molar-refractivity contribution is -0.137. The molecule has 0 aliphatic carbocycles. The summed E-state index contributed by atoms with van der Waals surface area (Å²) in [5.74, 6) is 0.0646. The summed E-state index contributed by atoms with van der Waals surface area (Å²) in [6.07, 6.45) is 3.32. The van der Waals surface area contributed by atoms with Gasteiger partial charge in [-0.05, 0) is 31.4 Å². The molecule has 0 unspecified atom stereocenters. The zero-order valence-corrected chi connectivity index (χ0v) is 15.0. The van der Waals surface area contributed by atoms with E-state index >= 15 is 0 Å². The molecule has 1 fully saturated rings. The minimum atomic E-state index is -0.115. The van der Waals surface area contributed by atoms with Crippen LogP contribution >= 0.6 is 0 Å². The van der Waals surface area contributed by atoms with Crippen molar-refractivity contribution in [3.8, 4) is 0 Å². The van der Waals surface area contributed by atoms with Gasteiger partial charge in [0.15, 0.2) is 0 Å². The van der Waals surface area contributed by atoms with Gasteiger partial charge in [-0.3, -0.25) is 4.79 Å². The topological polar surface area (TPSA) is 72.9 Å². The second-order valence-electron chi connectivity index (χ2n) is 6.46. The van der Waals surface area contributed by atoms with Gasteiger partial charge in [-0.25, -0.2) is 4.79 Å². The number of likely N-dealkylation sites (tertiary alicyclic amines) is 1. The number of carbonyl (C=O) groups excluding carboxylic acids is 2. The smallest absolute Gasteiger partial charge is 0.321 e. The zero-order valence-electron chi connectivity index (χ0n) is 15.0. The Bertz CT molecular complexity index is 542. The van der Waals surface area contributed by atoms with E-state index in [1.165, 1.54) is 0 Å². The predicted molar refractivity (Wildman–Crippen MR) is 98.3 cm³/mol. The second kappa shape index (κ2) is 10.0. The van der Waals surface area contributed by atoms with Gasteiger partial charge in [0, 0.05) is 37.8 Å². The number of aliphatic hydroxyl groups excluding tert-OH is 1. The first kappa shape index (κ1) is 19.2. The first-order valence-electron chi connectivity index (χ1n) is 9.16. The van der Waals surface area contributed by atoms with Gasteiger partial charge in [-0.1, -0.05) is 31.5 Å². The highest BCUT2D eigenvalue weighted by Gasteiger charge is 2.29. The van der Waals surface area contributed by atoms with Crippen molar-refractivity contribution >= 4 is 17.6 Å². The number of nitrogens with zero attached hydrogens (tertiary/aromatic N) is 2. The Kier molecular flexibility index (Phi) is 7.73. The summed E-state index contributed by atoms with van der Waals surface area (Å²) >= 11 is 0. The minimum Gasteiger partial charge on any atom is -0.395 e. The molecule has 0 radical (unpaired) electrons. The lowest BCUT2D eigenvalue weighted by atomic mass is 9.95. The number of piperidine rings is 1. The molecule has 25 heavy (non-hydrogen) atoms. The third kappa shape index (κ3) is 5.74. The summed E-state index contributed by atoms with van der Waals surface area (Å²) in [5.41, 5.74) is 0.777. The molecular formula is C19H29N3O3. The maximum atomic E-state index is 12.7. The highest BCUT2D eigenvalue weighted by molar-refractivity contribution is 5.89. The van der Waals surface area contributed by atoms with E-state index in [1.807, 2.05) is 30.3 Å². The fourth-order valence-corrected chi connectivity index (χ4v) is 3.11. The summed E-state index contributed by atoms with van der Waals surface area (Å²) in [6, 6.07) is 9.27. The van der Waals surface area contributed by atoms with Gasteiger partial charge in [-0.15, -0.1) is 0 Å². The second-order valence-corrected chi connectivity index (χ2v) is 6.46. The van der Waals surface area contributed by atoms with Crippen LogP contribution in [-0.4, -0.2) is 59.6 Å². The van der Waals surface area contributed by atoms with E-state index in [-0.39, 0.29) is 24.5 Å². The minimum absolute atomic E-state index is 0.00617. The number of hydrogen-bond acceptors (Lipinski definition) is 3. The van der Waals surface area contributed by atoms with Gasteiger partial charge >= 0.3 is 6.03 Å². The largest absolute Gasteiger partial charge is 0.395 e. The molecule has 6 nitrogen and oxygen atoms in total. The Morgan fingerprint density at radius 3 is 2.48 bits per heavy atom. The van der Waals surface area contributed by atoms with Crippen molar-refractivity contribution in [2.45, 2.75) is 32.6 Å². The van der Waals surface area contributed by atoms with Crippen molar-refractivity contribution in [2.75, 3.05) is 38.1 Å². The van der Waals surface area contributed by atoms with E-state index in [0.717, 1.165) is 18.5 Å². The van der Waals surface area contributed by atoms with Crippen LogP contribution < -0.4 is 5.32 Å². The molecule has 1 aliphatic heterocycles. The van der Waals surface area contributed by atoms with Crippen LogP contribution in [0.25, 0.3) is 0 Å². The van der Waals surface area contributed by atoms with Gasteiger partial charge in [0.25, 0.3) is 0 Å². The number of aliphatic hydroxyl groups is 1. The SMILES string of the molecule is CCCCN(CCO)C(=O)C1CCN(C(=O)Nc2ccccc2)CC1. The van der Waals surface area contributed by atoms with Crippen LogP contribution in [0.5, 0.6) is 0 Å². The highest BCUT2D eigenvalue weighted by atomic mass is 16.3. The third-order valence-corrected chi connectivity index (χ3v) is 4.62. The molecule has 1 heterocycles. The molecular weight excluding hydrogens is 318 g/mol. The van der Waals surface area contributed by atoms with Gasteiger partial charge < -0.3 is 20.2 Å². The first-order valence-corrected chi connectivity index (χ1v) is 9.16. The van der Waals surface area contributed by atoms with Gasteiger partial charge in [0.05, 0.1) is 6.61 Å². The molecule has 2 rings (SSSR count). The van der Waals surface area contributed by atoms with Crippen LogP contribution in [0.15, 0.2) is 30.3 Å². The highest BCUT2D eigenvalue weighted by Crippen LogP contribution is 2.21. The van der Waals surface area contributed by atoms with E-state index in [0.29, 0.717) is 39.0 Å². The molecule has 6 heteroatoms. The number of anilines is 1. The van der Waals surface area contributed by atoms with Crippen molar-refractivity contribution < 1.29 is 14.7 Å². The predicted octanol–water partition coefficient (Wildman–Crippen LogP) is 2.55. The number of urea groups is 1. The van der Waals surface area contributed by atoms with Crippen molar-refractivity contribution in [1.29, 1.82) is 0 Å². The number of nitrogens with one attached hydrogen (secondary N) is 1. The Balaban J connectivity index is 1.83. The Hall–Kier alpha value is -2.08. The molecule has 0 atom stereocenters. The van der Waals surface area contributed by atoms with Crippen molar-refractivity contribution in [1.82, 2.24) is 9.80 Å². The lowest BCUT2D eigenvalue weighted by Gasteiger charge is -2.34. The van der Waals surface area contributed by atoms with Gasteiger partial charge in [0.1, 0.15) is 0 Å². The maximum absolute atomic E-state index is 12.7. The van der Waals surface area contributed by atoms with E-state index in [4.69, 9.17) is 0 Å². The maximum Gasteiger partial charge on any atom is 0.321 e.